The topological polar surface area (TPSA) is 48.5 Å². The Morgan fingerprint density at radius 1 is 1.12 bits per heavy atom. The minimum Gasteiger partial charge on any atom is -0.317 e. The van der Waals surface area contributed by atoms with E-state index in [0.29, 0.717) is 12.6 Å². The van der Waals surface area contributed by atoms with Gasteiger partial charge in [0.25, 0.3) is 0 Å². The highest BCUT2D eigenvalue weighted by Crippen LogP contribution is 2.27. The molecule has 1 aromatic heterocycles. The van der Waals surface area contributed by atoms with Crippen molar-refractivity contribution < 1.29 is 4.79 Å². The molecule has 0 saturated carbocycles. The summed E-state index contributed by atoms with van der Waals surface area (Å²) in [5.74, 6) is 0. The van der Waals surface area contributed by atoms with E-state index in [1.165, 1.54) is 5.56 Å². The first-order valence-electron chi connectivity index (χ1n) is 8.56. The minimum absolute atomic E-state index is 0.0111. The third kappa shape index (κ3) is 3.12. The predicted molar refractivity (Wildman–Crippen MR) is 93.5 cm³/mol. The van der Waals surface area contributed by atoms with Crippen molar-refractivity contribution >= 4 is 11.7 Å². The summed E-state index contributed by atoms with van der Waals surface area (Å²) >= 11 is 0. The first-order valence-corrected chi connectivity index (χ1v) is 8.56. The molecule has 0 spiro atoms. The van der Waals surface area contributed by atoms with Crippen LogP contribution in [0.15, 0.2) is 48.8 Å². The molecule has 0 bridgehead atoms. The van der Waals surface area contributed by atoms with Gasteiger partial charge in [-0.1, -0.05) is 30.3 Å². The molecule has 2 amide bonds. The predicted octanol–water partition coefficient (Wildman–Crippen LogP) is 3.09. The number of rotatable bonds is 3. The van der Waals surface area contributed by atoms with Gasteiger partial charge in [0.05, 0.1) is 11.9 Å². The maximum Gasteiger partial charge on any atom is 0.322 e. The lowest BCUT2D eigenvalue weighted by Gasteiger charge is -2.40. The molecule has 2 aliphatic rings. The molecule has 5 nitrogen and oxygen atoms in total. The highest BCUT2D eigenvalue weighted by Gasteiger charge is 2.31. The third-order valence-electron chi connectivity index (χ3n) is 5.00. The minimum atomic E-state index is 0.0111. The highest BCUT2D eigenvalue weighted by molar-refractivity contribution is 5.92. The van der Waals surface area contributed by atoms with Crippen LogP contribution in [0.1, 0.15) is 24.0 Å². The number of carbonyl (C=O) groups excluding carboxylic acids is 1. The number of piperidine rings is 1. The zero-order valence-electron chi connectivity index (χ0n) is 13.7. The zero-order chi connectivity index (χ0) is 16.4. The number of fused-ring (bicyclic) bond motifs is 1. The van der Waals surface area contributed by atoms with Crippen molar-refractivity contribution in [3.63, 3.8) is 0 Å². The van der Waals surface area contributed by atoms with Crippen LogP contribution in [0.2, 0.25) is 0 Å². The van der Waals surface area contributed by atoms with E-state index in [4.69, 9.17) is 0 Å². The molecule has 1 saturated heterocycles. The first-order chi connectivity index (χ1) is 11.8. The van der Waals surface area contributed by atoms with Gasteiger partial charge in [0.2, 0.25) is 0 Å². The van der Waals surface area contributed by atoms with Crippen molar-refractivity contribution in [1.82, 2.24) is 14.8 Å². The number of aromatic nitrogens is 1. The molecule has 1 N–H and O–H groups in total. The van der Waals surface area contributed by atoms with Crippen LogP contribution >= 0.6 is 0 Å². The van der Waals surface area contributed by atoms with Crippen molar-refractivity contribution in [2.45, 2.75) is 32.0 Å². The Morgan fingerprint density at radius 3 is 2.71 bits per heavy atom. The molecule has 124 valence electrons. The van der Waals surface area contributed by atoms with Crippen molar-refractivity contribution in [1.29, 1.82) is 0 Å². The van der Waals surface area contributed by atoms with E-state index in [9.17, 15) is 4.79 Å². The standard InChI is InChI=1S/C19H22N4O/c24-19-21-18-12-20-9-6-16(18)14-23(19)17-7-10-22(11-8-17)13-15-4-2-1-3-5-15/h1-6,9,12,17H,7-8,10-11,13-14H2,(H,21,24). The molecule has 0 radical (unpaired) electrons. The highest BCUT2D eigenvalue weighted by atomic mass is 16.2. The van der Waals surface area contributed by atoms with E-state index in [-0.39, 0.29) is 6.03 Å². The lowest BCUT2D eigenvalue weighted by atomic mass is 10.0. The quantitative estimate of drug-likeness (QED) is 0.944. The number of amides is 2. The summed E-state index contributed by atoms with van der Waals surface area (Å²) in [5, 5.41) is 2.97. The van der Waals surface area contributed by atoms with Gasteiger partial charge in [0.15, 0.2) is 0 Å². The first kappa shape index (κ1) is 15.1. The van der Waals surface area contributed by atoms with Crippen LogP contribution in [-0.2, 0) is 13.1 Å². The van der Waals surface area contributed by atoms with Crippen molar-refractivity contribution in [3.8, 4) is 0 Å². The van der Waals surface area contributed by atoms with Crippen molar-refractivity contribution in [3.05, 3.63) is 59.9 Å². The largest absolute Gasteiger partial charge is 0.322 e. The Labute approximate surface area is 142 Å². The molecule has 3 heterocycles. The molecule has 0 aliphatic carbocycles. The molecule has 4 rings (SSSR count). The molecular formula is C19H22N4O. The smallest absolute Gasteiger partial charge is 0.317 e. The number of hydrogen-bond donors (Lipinski definition) is 1. The second-order valence-electron chi connectivity index (χ2n) is 6.58. The number of likely N-dealkylation sites (tertiary alicyclic amines) is 1. The maximum absolute atomic E-state index is 12.4. The van der Waals surface area contributed by atoms with Gasteiger partial charge >= 0.3 is 6.03 Å². The van der Waals surface area contributed by atoms with Crippen molar-refractivity contribution in [2.75, 3.05) is 18.4 Å². The average molecular weight is 322 g/mol. The van der Waals surface area contributed by atoms with Crippen molar-refractivity contribution in [2.24, 2.45) is 0 Å². The van der Waals surface area contributed by atoms with Crippen LogP contribution in [0.25, 0.3) is 0 Å². The van der Waals surface area contributed by atoms with E-state index in [0.717, 1.165) is 43.7 Å². The number of hydrogen-bond acceptors (Lipinski definition) is 3. The molecule has 0 unspecified atom stereocenters. The lowest BCUT2D eigenvalue weighted by Crippen LogP contribution is -2.50. The van der Waals surface area contributed by atoms with Crippen LogP contribution in [0.5, 0.6) is 0 Å². The Kier molecular flexibility index (Phi) is 4.17. The van der Waals surface area contributed by atoms with E-state index in [2.05, 4.69) is 45.5 Å². The summed E-state index contributed by atoms with van der Waals surface area (Å²) in [6.07, 6.45) is 5.57. The SMILES string of the molecule is O=C1Nc2cnccc2CN1C1CCN(Cc2ccccc2)CC1. The van der Waals surface area contributed by atoms with Crippen LogP contribution < -0.4 is 5.32 Å². The summed E-state index contributed by atoms with van der Waals surface area (Å²) in [7, 11) is 0. The van der Waals surface area contributed by atoms with E-state index in [1.807, 2.05) is 11.0 Å². The summed E-state index contributed by atoms with van der Waals surface area (Å²) in [5.41, 5.74) is 3.35. The van der Waals surface area contributed by atoms with Crippen LogP contribution in [0.3, 0.4) is 0 Å². The number of pyridine rings is 1. The van der Waals surface area contributed by atoms with Crippen LogP contribution in [0.4, 0.5) is 10.5 Å². The molecule has 0 atom stereocenters. The number of anilines is 1. The van der Waals surface area contributed by atoms with Crippen LogP contribution in [0, 0.1) is 0 Å². The fourth-order valence-corrected chi connectivity index (χ4v) is 3.64. The van der Waals surface area contributed by atoms with Gasteiger partial charge in [-0.2, -0.15) is 0 Å². The Bertz CT molecular complexity index is 710. The molecule has 24 heavy (non-hydrogen) atoms. The third-order valence-corrected chi connectivity index (χ3v) is 5.00. The monoisotopic (exact) mass is 322 g/mol. The Morgan fingerprint density at radius 2 is 1.92 bits per heavy atom. The van der Waals surface area contributed by atoms with Gasteiger partial charge in [-0.05, 0) is 30.0 Å². The van der Waals surface area contributed by atoms with E-state index in [1.54, 1.807) is 12.4 Å². The summed E-state index contributed by atoms with van der Waals surface area (Å²) in [6, 6.07) is 12.9. The second kappa shape index (κ2) is 6.61. The second-order valence-corrected chi connectivity index (χ2v) is 6.58. The Balaban J connectivity index is 1.37. The summed E-state index contributed by atoms with van der Waals surface area (Å²) in [6.45, 7) is 3.75. The van der Waals surface area contributed by atoms with Crippen LogP contribution in [-0.4, -0.2) is 39.9 Å². The normalized spacial score (nSPS) is 19.0. The van der Waals surface area contributed by atoms with Gasteiger partial charge in [0.1, 0.15) is 0 Å². The van der Waals surface area contributed by atoms with Gasteiger partial charge < -0.3 is 10.2 Å². The zero-order valence-corrected chi connectivity index (χ0v) is 13.7. The average Bonchev–Trinajstić information content (AvgIpc) is 2.63. The molecule has 2 aliphatic heterocycles. The molecule has 1 fully saturated rings. The molecule has 1 aromatic carbocycles. The van der Waals surface area contributed by atoms with Gasteiger partial charge in [-0.15, -0.1) is 0 Å². The summed E-state index contributed by atoms with van der Waals surface area (Å²) in [4.78, 5) is 20.9. The molecule has 2 aromatic rings. The fraction of sp³-hybridized carbons (Fsp3) is 0.368. The summed E-state index contributed by atoms with van der Waals surface area (Å²) < 4.78 is 0. The Hall–Kier alpha value is -2.40. The number of benzene rings is 1. The maximum atomic E-state index is 12.4. The fourth-order valence-electron chi connectivity index (χ4n) is 3.64. The lowest BCUT2D eigenvalue weighted by molar-refractivity contribution is 0.118. The van der Waals surface area contributed by atoms with Gasteiger partial charge in [0, 0.05) is 38.4 Å². The van der Waals surface area contributed by atoms with Gasteiger partial charge in [-0.3, -0.25) is 9.88 Å². The molecule has 5 heteroatoms. The number of nitrogens with zero attached hydrogens (tertiary/aromatic N) is 3. The van der Waals surface area contributed by atoms with E-state index < -0.39 is 0 Å². The number of nitrogens with one attached hydrogen (secondary N) is 1. The molecular weight excluding hydrogens is 300 g/mol. The number of carbonyl (C=O) groups is 1. The van der Waals surface area contributed by atoms with E-state index >= 15 is 0 Å². The van der Waals surface area contributed by atoms with Gasteiger partial charge in [-0.25, -0.2) is 4.79 Å². The number of urea groups is 1.